The van der Waals surface area contributed by atoms with Gasteiger partial charge in [-0.25, -0.2) is 0 Å². The summed E-state index contributed by atoms with van der Waals surface area (Å²) in [6.45, 7) is 4.14. The largest absolute Gasteiger partial charge is 0.469 e. The van der Waals surface area contributed by atoms with Gasteiger partial charge in [0, 0.05) is 25.9 Å². The molecule has 0 fully saturated rings. The molecular weight excluding hydrogens is 190 g/mol. The van der Waals surface area contributed by atoms with E-state index in [1.54, 1.807) is 6.26 Å². The van der Waals surface area contributed by atoms with Gasteiger partial charge in [-0.05, 0) is 25.5 Å². The highest BCUT2D eigenvalue weighted by Crippen LogP contribution is 2.07. The summed E-state index contributed by atoms with van der Waals surface area (Å²) in [5.41, 5.74) is 0. The molecule has 0 aliphatic heterocycles. The first-order chi connectivity index (χ1) is 7.15. The summed E-state index contributed by atoms with van der Waals surface area (Å²) in [6, 6.07) is 4.06. The van der Waals surface area contributed by atoms with E-state index in [4.69, 9.17) is 4.42 Å². The summed E-state index contributed by atoms with van der Waals surface area (Å²) >= 11 is 0. The van der Waals surface area contributed by atoms with E-state index >= 15 is 0 Å². The maximum Gasteiger partial charge on any atom is 0.223 e. The molecule has 1 aromatic heterocycles. The molecule has 0 aliphatic rings. The van der Waals surface area contributed by atoms with Crippen molar-refractivity contribution in [1.82, 2.24) is 4.90 Å². The zero-order chi connectivity index (χ0) is 11.3. The van der Waals surface area contributed by atoms with Gasteiger partial charge in [-0.15, -0.1) is 0 Å². The van der Waals surface area contributed by atoms with Gasteiger partial charge in [-0.1, -0.05) is 6.92 Å². The lowest BCUT2D eigenvalue weighted by atomic mass is 10.2. The van der Waals surface area contributed by atoms with Gasteiger partial charge in [-0.2, -0.15) is 0 Å². The Kier molecular flexibility index (Phi) is 4.40. The van der Waals surface area contributed by atoms with Gasteiger partial charge in [0.05, 0.1) is 6.26 Å². The first-order valence-corrected chi connectivity index (χ1v) is 5.43. The summed E-state index contributed by atoms with van der Waals surface area (Å²) < 4.78 is 5.18. The summed E-state index contributed by atoms with van der Waals surface area (Å²) in [5.74, 6) is 1.06. The highest BCUT2D eigenvalue weighted by atomic mass is 16.3. The topological polar surface area (TPSA) is 33.5 Å². The van der Waals surface area contributed by atoms with Crippen LogP contribution in [0.2, 0.25) is 0 Å². The fraction of sp³-hybridized carbons (Fsp3) is 0.583. The zero-order valence-corrected chi connectivity index (χ0v) is 9.69. The van der Waals surface area contributed by atoms with Crippen molar-refractivity contribution in [2.24, 2.45) is 0 Å². The van der Waals surface area contributed by atoms with E-state index in [1.165, 1.54) is 0 Å². The van der Waals surface area contributed by atoms with Crippen molar-refractivity contribution >= 4 is 5.91 Å². The highest BCUT2D eigenvalue weighted by Gasteiger charge is 2.13. The summed E-state index contributed by atoms with van der Waals surface area (Å²) in [5, 5.41) is 0. The van der Waals surface area contributed by atoms with E-state index in [-0.39, 0.29) is 5.91 Å². The van der Waals surface area contributed by atoms with Crippen LogP contribution in [0.25, 0.3) is 0 Å². The van der Waals surface area contributed by atoms with Crippen molar-refractivity contribution < 1.29 is 9.21 Å². The molecule has 1 unspecified atom stereocenters. The van der Waals surface area contributed by atoms with Gasteiger partial charge in [0.25, 0.3) is 0 Å². The van der Waals surface area contributed by atoms with Crippen molar-refractivity contribution in [2.45, 2.75) is 39.2 Å². The number of aryl methyl sites for hydroxylation is 1. The van der Waals surface area contributed by atoms with E-state index in [0.29, 0.717) is 18.9 Å². The van der Waals surface area contributed by atoms with Crippen LogP contribution in [0.4, 0.5) is 0 Å². The van der Waals surface area contributed by atoms with Crippen LogP contribution in [0.3, 0.4) is 0 Å². The first kappa shape index (κ1) is 11.8. The Bertz CT molecular complexity index is 293. The van der Waals surface area contributed by atoms with Crippen LogP contribution in [0.15, 0.2) is 22.8 Å². The Morgan fingerprint density at radius 2 is 2.33 bits per heavy atom. The molecule has 0 radical (unpaired) electrons. The third-order valence-electron chi connectivity index (χ3n) is 2.81. The van der Waals surface area contributed by atoms with E-state index in [9.17, 15) is 4.79 Å². The Hall–Kier alpha value is -1.25. The molecule has 1 atom stereocenters. The van der Waals surface area contributed by atoms with Crippen LogP contribution < -0.4 is 0 Å². The normalized spacial score (nSPS) is 12.5. The molecule has 0 spiro atoms. The van der Waals surface area contributed by atoms with Gasteiger partial charge in [0.1, 0.15) is 5.76 Å². The van der Waals surface area contributed by atoms with Crippen LogP contribution >= 0.6 is 0 Å². The van der Waals surface area contributed by atoms with E-state index in [2.05, 4.69) is 13.8 Å². The molecule has 1 rings (SSSR count). The lowest BCUT2D eigenvalue weighted by molar-refractivity contribution is -0.131. The molecule has 0 aliphatic carbocycles. The average Bonchev–Trinajstić information content (AvgIpc) is 2.76. The van der Waals surface area contributed by atoms with E-state index in [1.807, 2.05) is 24.1 Å². The molecule has 0 saturated heterocycles. The molecule has 0 N–H and O–H groups in total. The van der Waals surface area contributed by atoms with Gasteiger partial charge in [-0.3, -0.25) is 4.79 Å². The summed E-state index contributed by atoms with van der Waals surface area (Å²) in [7, 11) is 1.86. The fourth-order valence-corrected chi connectivity index (χ4v) is 1.38. The van der Waals surface area contributed by atoms with Gasteiger partial charge in [0.15, 0.2) is 0 Å². The predicted molar refractivity (Wildman–Crippen MR) is 59.6 cm³/mol. The van der Waals surface area contributed by atoms with Crippen molar-refractivity contribution in [3.63, 3.8) is 0 Å². The fourth-order valence-electron chi connectivity index (χ4n) is 1.38. The molecule has 1 heterocycles. The van der Waals surface area contributed by atoms with E-state index < -0.39 is 0 Å². The molecule has 0 bridgehead atoms. The Morgan fingerprint density at radius 3 is 2.87 bits per heavy atom. The minimum Gasteiger partial charge on any atom is -0.469 e. The molecule has 0 aromatic carbocycles. The minimum atomic E-state index is 0.181. The number of rotatable bonds is 5. The van der Waals surface area contributed by atoms with Gasteiger partial charge in [0.2, 0.25) is 5.91 Å². The standard InChI is InChI=1S/C12H19NO2/c1-4-10(2)13(3)12(14)8-7-11-6-5-9-15-11/h5-6,9-10H,4,7-8H2,1-3H3. The van der Waals surface area contributed by atoms with Crippen molar-refractivity contribution in [2.75, 3.05) is 7.05 Å². The molecule has 3 nitrogen and oxygen atoms in total. The number of hydrogen-bond donors (Lipinski definition) is 0. The maximum absolute atomic E-state index is 11.7. The Balaban J connectivity index is 2.36. The second kappa shape index (κ2) is 5.59. The second-order valence-corrected chi connectivity index (χ2v) is 3.84. The third kappa shape index (κ3) is 3.42. The number of amides is 1. The molecule has 1 aromatic rings. The number of furan rings is 1. The van der Waals surface area contributed by atoms with Gasteiger partial charge >= 0.3 is 0 Å². The van der Waals surface area contributed by atoms with Crippen LogP contribution in [0.5, 0.6) is 0 Å². The second-order valence-electron chi connectivity index (χ2n) is 3.84. The Labute approximate surface area is 91.1 Å². The van der Waals surface area contributed by atoms with Crippen LogP contribution in [0, 0.1) is 0 Å². The van der Waals surface area contributed by atoms with Crippen molar-refractivity contribution in [1.29, 1.82) is 0 Å². The lowest BCUT2D eigenvalue weighted by Crippen LogP contribution is -2.34. The van der Waals surface area contributed by atoms with Crippen LogP contribution in [-0.2, 0) is 11.2 Å². The molecule has 84 valence electrons. The molecule has 0 saturated carbocycles. The first-order valence-electron chi connectivity index (χ1n) is 5.43. The van der Waals surface area contributed by atoms with Crippen LogP contribution in [0.1, 0.15) is 32.4 Å². The van der Waals surface area contributed by atoms with Crippen molar-refractivity contribution in [3.8, 4) is 0 Å². The SMILES string of the molecule is CCC(C)N(C)C(=O)CCc1ccco1. The predicted octanol–water partition coefficient (Wildman–Crippen LogP) is 2.47. The monoisotopic (exact) mass is 209 g/mol. The van der Waals surface area contributed by atoms with Crippen LogP contribution in [-0.4, -0.2) is 23.9 Å². The molecular formula is C12H19NO2. The maximum atomic E-state index is 11.7. The van der Waals surface area contributed by atoms with Gasteiger partial charge < -0.3 is 9.32 Å². The number of carbonyl (C=O) groups is 1. The quantitative estimate of drug-likeness (QED) is 0.746. The van der Waals surface area contributed by atoms with E-state index in [0.717, 1.165) is 12.2 Å². The number of hydrogen-bond acceptors (Lipinski definition) is 2. The highest BCUT2D eigenvalue weighted by molar-refractivity contribution is 5.76. The Morgan fingerprint density at radius 1 is 1.60 bits per heavy atom. The molecule has 15 heavy (non-hydrogen) atoms. The molecule has 3 heteroatoms. The number of carbonyl (C=O) groups excluding carboxylic acids is 1. The molecule has 1 amide bonds. The summed E-state index contributed by atoms with van der Waals surface area (Å²) in [6.07, 6.45) is 3.84. The zero-order valence-electron chi connectivity index (χ0n) is 9.69. The average molecular weight is 209 g/mol. The van der Waals surface area contributed by atoms with Crippen molar-refractivity contribution in [3.05, 3.63) is 24.2 Å². The lowest BCUT2D eigenvalue weighted by Gasteiger charge is -2.23. The minimum absolute atomic E-state index is 0.181. The third-order valence-corrected chi connectivity index (χ3v) is 2.81. The smallest absolute Gasteiger partial charge is 0.223 e. The number of nitrogens with zero attached hydrogens (tertiary/aromatic N) is 1. The summed E-state index contributed by atoms with van der Waals surface area (Å²) in [4.78, 5) is 13.5.